The Morgan fingerprint density at radius 3 is 3.05 bits per heavy atom. The van der Waals surface area contributed by atoms with Crippen LogP contribution in [0, 0.1) is 0 Å². The molecule has 1 N–H and O–H groups in total. The first-order valence-electron chi connectivity index (χ1n) is 6.61. The minimum absolute atomic E-state index is 0.0817. The maximum absolute atomic E-state index is 12.0. The Hall–Kier alpha value is -2.08. The summed E-state index contributed by atoms with van der Waals surface area (Å²) < 4.78 is 6.50. The molecule has 6 heteroatoms. The zero-order valence-electron chi connectivity index (χ0n) is 11.5. The molecule has 1 aliphatic rings. The molecule has 1 atom stereocenters. The zero-order valence-corrected chi connectivity index (χ0v) is 11.5. The van der Waals surface area contributed by atoms with Crippen molar-refractivity contribution in [1.82, 2.24) is 14.5 Å². The van der Waals surface area contributed by atoms with Crippen LogP contribution in [0.4, 0.5) is 0 Å². The molecule has 0 aliphatic carbocycles. The summed E-state index contributed by atoms with van der Waals surface area (Å²) >= 11 is 0. The van der Waals surface area contributed by atoms with Gasteiger partial charge in [-0.1, -0.05) is 12.1 Å². The number of ether oxygens (including phenoxy) is 1. The van der Waals surface area contributed by atoms with Gasteiger partial charge in [-0.15, -0.1) is 0 Å². The highest BCUT2D eigenvalue weighted by atomic mass is 16.5. The van der Waals surface area contributed by atoms with Crippen molar-refractivity contribution in [2.45, 2.75) is 26.1 Å². The number of aromatic amines is 1. The number of hydrogen-bond donors (Lipinski definition) is 1. The van der Waals surface area contributed by atoms with Crippen LogP contribution in [-0.4, -0.2) is 40.1 Å². The smallest absolute Gasteiger partial charge is 0.326 e. The van der Waals surface area contributed by atoms with Gasteiger partial charge in [-0.2, -0.15) is 0 Å². The summed E-state index contributed by atoms with van der Waals surface area (Å²) in [5.74, 6) is -0.260. The van der Waals surface area contributed by atoms with Gasteiger partial charge in [0, 0.05) is 19.1 Å². The van der Waals surface area contributed by atoms with Crippen molar-refractivity contribution in [1.29, 1.82) is 0 Å². The number of carbonyl (C=O) groups is 1. The first-order valence-corrected chi connectivity index (χ1v) is 6.61. The molecule has 0 amide bonds. The summed E-state index contributed by atoms with van der Waals surface area (Å²) in [6, 6.07) is 5.90. The number of nitrogens with one attached hydrogen (secondary N) is 1. The fraction of sp³-hybridized carbons (Fsp3) is 0.429. The molecule has 3 rings (SSSR count). The van der Waals surface area contributed by atoms with Gasteiger partial charge in [0.15, 0.2) is 0 Å². The number of esters is 1. The highest BCUT2D eigenvalue weighted by molar-refractivity contribution is 5.79. The Morgan fingerprint density at radius 2 is 2.30 bits per heavy atom. The molecule has 2 aromatic rings. The fourth-order valence-corrected chi connectivity index (χ4v) is 2.79. The predicted octanol–water partition coefficient (Wildman–Crippen LogP) is 0.707. The zero-order chi connectivity index (χ0) is 14.3. The van der Waals surface area contributed by atoms with Gasteiger partial charge in [0.25, 0.3) is 0 Å². The molecule has 1 aromatic carbocycles. The molecule has 0 bridgehead atoms. The highest BCUT2D eigenvalue weighted by Crippen LogP contribution is 2.23. The molecular formula is C14H17N3O3. The largest absolute Gasteiger partial charge is 0.468 e. The predicted molar refractivity (Wildman–Crippen MR) is 74.4 cm³/mol. The van der Waals surface area contributed by atoms with Gasteiger partial charge in [0.1, 0.15) is 0 Å². The lowest BCUT2D eigenvalue weighted by molar-refractivity contribution is -0.142. The first-order chi connectivity index (χ1) is 9.60. The van der Waals surface area contributed by atoms with Crippen LogP contribution < -0.4 is 5.69 Å². The van der Waals surface area contributed by atoms with Crippen molar-refractivity contribution >= 4 is 17.0 Å². The third kappa shape index (κ3) is 2.02. The number of hydrogen-bond acceptors (Lipinski definition) is 4. The summed E-state index contributed by atoms with van der Waals surface area (Å²) in [4.78, 5) is 28.5. The number of H-pyrrole nitrogens is 1. The van der Waals surface area contributed by atoms with E-state index < -0.39 is 0 Å². The average Bonchev–Trinajstić information content (AvgIpc) is 2.66. The Morgan fingerprint density at radius 1 is 1.50 bits per heavy atom. The van der Waals surface area contributed by atoms with Crippen LogP contribution in [0.1, 0.15) is 12.5 Å². The maximum Gasteiger partial charge on any atom is 0.326 e. The van der Waals surface area contributed by atoms with Crippen LogP contribution >= 0.6 is 0 Å². The summed E-state index contributed by atoms with van der Waals surface area (Å²) in [5, 5.41) is 0. The lowest BCUT2D eigenvalue weighted by atomic mass is 10.1. The molecule has 0 saturated carbocycles. The van der Waals surface area contributed by atoms with Crippen LogP contribution in [0.2, 0.25) is 0 Å². The van der Waals surface area contributed by atoms with Gasteiger partial charge in [0.05, 0.1) is 24.7 Å². The number of para-hydroxylation sites is 1. The number of rotatable bonds is 2. The second-order valence-electron chi connectivity index (χ2n) is 5.18. The van der Waals surface area contributed by atoms with E-state index in [0.29, 0.717) is 13.1 Å². The summed E-state index contributed by atoms with van der Waals surface area (Å²) in [5.41, 5.74) is 2.74. The fourth-order valence-electron chi connectivity index (χ4n) is 2.79. The quantitative estimate of drug-likeness (QED) is 0.820. The average molecular weight is 275 g/mol. The van der Waals surface area contributed by atoms with Gasteiger partial charge in [-0.3, -0.25) is 14.3 Å². The van der Waals surface area contributed by atoms with Gasteiger partial charge < -0.3 is 9.72 Å². The van der Waals surface area contributed by atoms with E-state index in [2.05, 4.69) is 4.98 Å². The molecule has 2 heterocycles. The van der Waals surface area contributed by atoms with E-state index in [0.717, 1.165) is 16.6 Å². The molecule has 0 fully saturated rings. The molecule has 20 heavy (non-hydrogen) atoms. The van der Waals surface area contributed by atoms with E-state index in [1.807, 2.05) is 30.0 Å². The number of nitrogens with zero attached hydrogens (tertiary/aromatic N) is 2. The Kier molecular flexibility index (Phi) is 3.10. The van der Waals surface area contributed by atoms with E-state index in [1.165, 1.54) is 7.11 Å². The summed E-state index contributed by atoms with van der Waals surface area (Å²) in [6.07, 6.45) is 0. The summed E-state index contributed by atoms with van der Waals surface area (Å²) in [6.45, 7) is 3.44. The standard InChI is InChI=1S/C14H17N3O3/c1-9-6-17-13-10(7-16(9)8-12(18)20-2)4-3-5-11(13)15-14(17)19/h3-5,9H,6-8H2,1-2H3,(H,15,19)/t9-/m0/s1. The molecule has 0 spiro atoms. The van der Waals surface area contributed by atoms with Gasteiger partial charge >= 0.3 is 11.7 Å². The lowest BCUT2D eigenvalue weighted by Gasteiger charge is -2.25. The Labute approximate surface area is 115 Å². The molecule has 1 aliphatic heterocycles. The van der Waals surface area contributed by atoms with E-state index in [-0.39, 0.29) is 24.2 Å². The second kappa shape index (κ2) is 4.79. The third-order valence-corrected chi connectivity index (χ3v) is 3.88. The van der Waals surface area contributed by atoms with Crippen molar-refractivity contribution in [3.63, 3.8) is 0 Å². The summed E-state index contributed by atoms with van der Waals surface area (Å²) in [7, 11) is 1.39. The van der Waals surface area contributed by atoms with E-state index in [4.69, 9.17) is 4.74 Å². The minimum atomic E-state index is -0.260. The van der Waals surface area contributed by atoms with Crippen molar-refractivity contribution in [2.75, 3.05) is 13.7 Å². The van der Waals surface area contributed by atoms with Crippen LogP contribution in [0.25, 0.3) is 11.0 Å². The number of aromatic nitrogens is 2. The van der Waals surface area contributed by atoms with Crippen LogP contribution in [0.5, 0.6) is 0 Å². The molecule has 0 saturated heterocycles. The van der Waals surface area contributed by atoms with Gasteiger partial charge in [0.2, 0.25) is 0 Å². The van der Waals surface area contributed by atoms with Gasteiger partial charge in [-0.25, -0.2) is 4.79 Å². The van der Waals surface area contributed by atoms with Crippen LogP contribution in [0.15, 0.2) is 23.0 Å². The first kappa shape index (κ1) is 12.9. The Balaban J connectivity index is 2.05. The van der Waals surface area contributed by atoms with Crippen molar-refractivity contribution < 1.29 is 9.53 Å². The SMILES string of the molecule is COC(=O)CN1Cc2cccc3[nH]c(=O)n(c23)C[C@@H]1C. The number of carbonyl (C=O) groups excluding carboxylic acids is 1. The molecule has 1 aromatic heterocycles. The molecule has 0 unspecified atom stereocenters. The van der Waals surface area contributed by atoms with Crippen LogP contribution in [-0.2, 0) is 22.6 Å². The monoisotopic (exact) mass is 275 g/mol. The number of methoxy groups -OCH3 is 1. The van der Waals surface area contributed by atoms with Crippen molar-refractivity contribution in [2.24, 2.45) is 0 Å². The topological polar surface area (TPSA) is 67.3 Å². The molecule has 6 nitrogen and oxygen atoms in total. The van der Waals surface area contributed by atoms with Crippen LogP contribution in [0.3, 0.4) is 0 Å². The van der Waals surface area contributed by atoms with Crippen molar-refractivity contribution in [3.05, 3.63) is 34.2 Å². The van der Waals surface area contributed by atoms with E-state index in [1.54, 1.807) is 4.57 Å². The van der Waals surface area contributed by atoms with Crippen molar-refractivity contribution in [3.8, 4) is 0 Å². The third-order valence-electron chi connectivity index (χ3n) is 3.88. The normalized spacial score (nSPS) is 19.0. The van der Waals surface area contributed by atoms with E-state index in [9.17, 15) is 9.59 Å². The van der Waals surface area contributed by atoms with E-state index >= 15 is 0 Å². The number of benzene rings is 1. The van der Waals surface area contributed by atoms with Gasteiger partial charge in [-0.05, 0) is 18.6 Å². The maximum atomic E-state index is 12.0. The lowest BCUT2D eigenvalue weighted by Crippen LogP contribution is -2.39. The minimum Gasteiger partial charge on any atom is -0.468 e. The molecule has 106 valence electrons. The Bertz CT molecular complexity index is 716. The molecule has 0 radical (unpaired) electrons. The molecular weight excluding hydrogens is 258 g/mol. The highest BCUT2D eigenvalue weighted by Gasteiger charge is 2.25. The second-order valence-corrected chi connectivity index (χ2v) is 5.18. The number of imidazole rings is 1.